The first-order chi connectivity index (χ1) is 19.2. The second kappa shape index (κ2) is 11.1. The van der Waals surface area contributed by atoms with Crippen LogP contribution in [-0.2, 0) is 20.8 Å². The standard InChI is InChI=1S/C29H26F2N4O5/c1-16(12-17-6-8-20(30)21(31)13-17)28(37)34-27-29(38)35(15-25(32)36)22-5-3-2-4-19(22)26(33-27)18-7-9-23-24(14-18)40-11-10-39-23/h2-9,13-14,16,27H,10-12,15H2,1H3,(H2,32,36)(H,34,37)/t16-,27?/m0/s1. The van der Waals surface area contributed by atoms with Gasteiger partial charge in [0.25, 0.3) is 5.91 Å². The van der Waals surface area contributed by atoms with E-state index in [1.807, 2.05) is 0 Å². The Hall–Kier alpha value is -4.80. The van der Waals surface area contributed by atoms with Gasteiger partial charge in [0.05, 0.1) is 11.4 Å². The summed E-state index contributed by atoms with van der Waals surface area (Å²) in [6, 6.07) is 15.5. The lowest BCUT2D eigenvalue weighted by atomic mass is 9.99. The molecule has 11 heteroatoms. The van der Waals surface area contributed by atoms with Gasteiger partial charge in [-0.1, -0.05) is 31.2 Å². The van der Waals surface area contributed by atoms with E-state index in [2.05, 4.69) is 10.3 Å². The molecule has 40 heavy (non-hydrogen) atoms. The molecule has 9 nitrogen and oxygen atoms in total. The van der Waals surface area contributed by atoms with Gasteiger partial charge in [0.1, 0.15) is 19.8 Å². The Morgan fingerprint density at radius 3 is 2.55 bits per heavy atom. The summed E-state index contributed by atoms with van der Waals surface area (Å²) in [6.07, 6.45) is -1.32. The second-order valence-corrected chi connectivity index (χ2v) is 9.51. The van der Waals surface area contributed by atoms with Crippen LogP contribution < -0.4 is 25.4 Å². The monoisotopic (exact) mass is 548 g/mol. The maximum Gasteiger partial charge on any atom is 0.272 e. The van der Waals surface area contributed by atoms with Crippen LogP contribution in [0.3, 0.4) is 0 Å². The van der Waals surface area contributed by atoms with Crippen LogP contribution in [0.25, 0.3) is 0 Å². The fraction of sp³-hybridized carbons (Fsp3) is 0.241. The zero-order valence-corrected chi connectivity index (χ0v) is 21.5. The van der Waals surface area contributed by atoms with Crippen molar-refractivity contribution in [3.8, 4) is 11.5 Å². The molecule has 0 spiro atoms. The highest BCUT2D eigenvalue weighted by molar-refractivity contribution is 6.21. The molecule has 0 bridgehead atoms. The lowest BCUT2D eigenvalue weighted by molar-refractivity contribution is -0.129. The lowest BCUT2D eigenvalue weighted by Crippen LogP contribution is -2.50. The van der Waals surface area contributed by atoms with Crippen molar-refractivity contribution in [2.75, 3.05) is 24.7 Å². The highest BCUT2D eigenvalue weighted by atomic mass is 19.2. The first-order valence-electron chi connectivity index (χ1n) is 12.6. The molecule has 206 valence electrons. The van der Waals surface area contributed by atoms with E-state index < -0.39 is 48.0 Å². The number of benzodiazepines with no additional fused rings is 1. The number of primary amides is 1. The highest BCUT2D eigenvalue weighted by Gasteiger charge is 2.34. The van der Waals surface area contributed by atoms with E-state index in [0.717, 1.165) is 12.1 Å². The molecule has 2 heterocycles. The zero-order valence-electron chi connectivity index (χ0n) is 21.5. The number of nitrogens with one attached hydrogen (secondary N) is 1. The third-order valence-corrected chi connectivity index (χ3v) is 6.59. The van der Waals surface area contributed by atoms with Crippen molar-refractivity contribution < 1.29 is 32.6 Å². The van der Waals surface area contributed by atoms with Crippen molar-refractivity contribution in [2.24, 2.45) is 16.6 Å². The molecule has 1 unspecified atom stereocenters. The molecule has 0 radical (unpaired) electrons. The van der Waals surface area contributed by atoms with Crippen LogP contribution in [0.2, 0.25) is 0 Å². The molecule has 3 aromatic carbocycles. The molecule has 2 aliphatic heterocycles. The summed E-state index contributed by atoms with van der Waals surface area (Å²) in [4.78, 5) is 44.7. The van der Waals surface area contributed by atoms with Gasteiger partial charge >= 0.3 is 0 Å². The first kappa shape index (κ1) is 26.8. The molecule has 0 saturated heterocycles. The Kier molecular flexibility index (Phi) is 7.45. The predicted molar refractivity (Wildman–Crippen MR) is 142 cm³/mol. The van der Waals surface area contributed by atoms with Crippen LogP contribution >= 0.6 is 0 Å². The third-order valence-electron chi connectivity index (χ3n) is 6.59. The maximum absolute atomic E-state index is 13.7. The largest absolute Gasteiger partial charge is 0.486 e. The SMILES string of the molecule is C[C@@H](Cc1ccc(F)c(F)c1)C(=O)NC1N=C(c2ccc3c(c2)OCCO3)c2ccccc2N(CC(N)=O)C1=O. The van der Waals surface area contributed by atoms with Crippen LogP contribution in [0.5, 0.6) is 11.5 Å². The summed E-state index contributed by atoms with van der Waals surface area (Å²) in [5.41, 5.74) is 7.80. The minimum Gasteiger partial charge on any atom is -0.486 e. The summed E-state index contributed by atoms with van der Waals surface area (Å²) in [5.74, 6) is -3.60. The molecular weight excluding hydrogens is 522 g/mol. The third kappa shape index (κ3) is 5.49. The lowest BCUT2D eigenvalue weighted by Gasteiger charge is -2.24. The van der Waals surface area contributed by atoms with Crippen molar-refractivity contribution in [3.63, 3.8) is 0 Å². The molecule has 3 aromatic rings. The van der Waals surface area contributed by atoms with Gasteiger partial charge in [-0.2, -0.15) is 0 Å². The number of ether oxygens (including phenoxy) is 2. The van der Waals surface area contributed by atoms with E-state index in [4.69, 9.17) is 15.2 Å². The summed E-state index contributed by atoms with van der Waals surface area (Å²) in [7, 11) is 0. The number of para-hydroxylation sites is 1. The normalized spacial score (nSPS) is 16.9. The van der Waals surface area contributed by atoms with Crippen molar-refractivity contribution in [1.29, 1.82) is 0 Å². The number of amides is 3. The van der Waals surface area contributed by atoms with Crippen LogP contribution in [-0.4, -0.2) is 49.4 Å². The molecule has 3 amide bonds. The maximum atomic E-state index is 13.7. The molecule has 0 aliphatic carbocycles. The minimum atomic E-state index is -1.41. The summed E-state index contributed by atoms with van der Waals surface area (Å²) in [5, 5.41) is 2.66. The van der Waals surface area contributed by atoms with Crippen molar-refractivity contribution in [2.45, 2.75) is 19.5 Å². The van der Waals surface area contributed by atoms with Gasteiger partial charge in [-0.15, -0.1) is 0 Å². The predicted octanol–water partition coefficient (Wildman–Crippen LogP) is 2.73. The van der Waals surface area contributed by atoms with E-state index >= 15 is 0 Å². The number of hydrogen-bond donors (Lipinski definition) is 2. The molecule has 0 saturated carbocycles. The van der Waals surface area contributed by atoms with Gasteiger partial charge in [0.15, 0.2) is 23.1 Å². The van der Waals surface area contributed by atoms with E-state index in [1.54, 1.807) is 49.4 Å². The molecule has 0 aromatic heterocycles. The number of nitrogens with zero attached hydrogens (tertiary/aromatic N) is 2. The average Bonchev–Trinajstić information content (AvgIpc) is 3.05. The van der Waals surface area contributed by atoms with E-state index in [0.29, 0.717) is 52.8 Å². The second-order valence-electron chi connectivity index (χ2n) is 9.51. The van der Waals surface area contributed by atoms with Crippen molar-refractivity contribution in [1.82, 2.24) is 5.32 Å². The Balaban J connectivity index is 1.52. The number of carbonyl (C=O) groups excluding carboxylic acids is 3. The number of rotatable bonds is 7. The number of fused-ring (bicyclic) bond motifs is 2. The Morgan fingerprint density at radius 1 is 1.05 bits per heavy atom. The van der Waals surface area contributed by atoms with Crippen LogP contribution in [0.1, 0.15) is 23.6 Å². The van der Waals surface area contributed by atoms with E-state index in [-0.39, 0.29) is 6.42 Å². The number of halogens is 2. The highest BCUT2D eigenvalue weighted by Crippen LogP contribution is 2.34. The number of benzene rings is 3. The smallest absolute Gasteiger partial charge is 0.272 e. The summed E-state index contributed by atoms with van der Waals surface area (Å²) in [6.45, 7) is 1.96. The Labute approximate surface area is 228 Å². The van der Waals surface area contributed by atoms with Crippen LogP contribution in [0, 0.1) is 17.6 Å². The number of anilines is 1. The summed E-state index contributed by atoms with van der Waals surface area (Å²) >= 11 is 0. The molecular formula is C29H26F2N4O5. The first-order valence-corrected chi connectivity index (χ1v) is 12.6. The van der Waals surface area contributed by atoms with Gasteiger partial charge in [-0.25, -0.2) is 13.8 Å². The quantitative estimate of drug-likeness (QED) is 0.470. The average molecular weight is 549 g/mol. The zero-order chi connectivity index (χ0) is 28.4. The van der Waals surface area contributed by atoms with Gasteiger partial charge in [0.2, 0.25) is 18.0 Å². The van der Waals surface area contributed by atoms with E-state index in [1.165, 1.54) is 11.0 Å². The summed E-state index contributed by atoms with van der Waals surface area (Å²) < 4.78 is 38.4. The molecule has 2 aliphatic rings. The van der Waals surface area contributed by atoms with Gasteiger partial charge in [-0.3, -0.25) is 19.3 Å². The topological polar surface area (TPSA) is 123 Å². The van der Waals surface area contributed by atoms with Crippen molar-refractivity contribution in [3.05, 3.63) is 89.0 Å². The molecule has 3 N–H and O–H groups in total. The van der Waals surface area contributed by atoms with Gasteiger partial charge in [-0.05, 0) is 48.4 Å². The number of hydrogen-bond acceptors (Lipinski definition) is 6. The van der Waals surface area contributed by atoms with E-state index in [9.17, 15) is 23.2 Å². The van der Waals surface area contributed by atoms with Gasteiger partial charge in [0, 0.05) is 17.0 Å². The Morgan fingerprint density at radius 2 is 1.80 bits per heavy atom. The molecule has 2 atom stereocenters. The fourth-order valence-electron chi connectivity index (χ4n) is 4.65. The molecule has 5 rings (SSSR count). The number of aliphatic imine (C=N–C) groups is 1. The minimum absolute atomic E-state index is 0.0912. The van der Waals surface area contributed by atoms with Crippen molar-refractivity contribution >= 4 is 29.1 Å². The number of nitrogens with two attached hydrogens (primary N) is 1. The van der Waals surface area contributed by atoms with Crippen LogP contribution in [0.4, 0.5) is 14.5 Å². The number of carbonyl (C=O) groups is 3. The Bertz CT molecular complexity index is 1530. The van der Waals surface area contributed by atoms with Crippen LogP contribution in [0.15, 0.2) is 65.7 Å². The van der Waals surface area contributed by atoms with Gasteiger partial charge < -0.3 is 20.5 Å². The fourth-order valence-corrected chi connectivity index (χ4v) is 4.65. The molecule has 0 fully saturated rings.